The molecule has 0 bridgehead atoms. The topological polar surface area (TPSA) is 101 Å². The van der Waals surface area contributed by atoms with Crippen LogP contribution in [0.3, 0.4) is 0 Å². The average Bonchev–Trinajstić information content (AvgIpc) is 2.86. The van der Waals surface area contributed by atoms with E-state index in [1.165, 1.54) is 13.2 Å². The predicted octanol–water partition coefficient (Wildman–Crippen LogP) is 1.34. The summed E-state index contributed by atoms with van der Waals surface area (Å²) in [6.07, 6.45) is -0.165. The number of aliphatic hydroxyl groups is 1. The summed E-state index contributed by atoms with van der Waals surface area (Å²) in [4.78, 5) is 23.3. The molecule has 0 fully saturated rings. The van der Waals surface area contributed by atoms with Crippen LogP contribution < -0.4 is 10.6 Å². The van der Waals surface area contributed by atoms with Crippen molar-refractivity contribution in [3.05, 3.63) is 24.2 Å². The Morgan fingerprint density at radius 1 is 1.43 bits per heavy atom. The minimum absolute atomic E-state index is 0.00726. The SMILES string of the molecule is CC(NC(=O)OC(C)(C)C)C(=O)NCC(O)c1ccco1. The van der Waals surface area contributed by atoms with Crippen LogP contribution in [-0.4, -0.2) is 35.3 Å². The van der Waals surface area contributed by atoms with Crippen LogP contribution in [0, 0.1) is 0 Å². The van der Waals surface area contributed by atoms with Crippen LogP contribution in [0.2, 0.25) is 0 Å². The maximum absolute atomic E-state index is 11.8. The zero-order chi connectivity index (χ0) is 16.0. The molecule has 7 nitrogen and oxygen atoms in total. The molecule has 0 aliphatic carbocycles. The molecule has 0 radical (unpaired) electrons. The van der Waals surface area contributed by atoms with Gasteiger partial charge < -0.3 is 24.9 Å². The third kappa shape index (κ3) is 6.31. The number of amides is 2. The first-order valence-corrected chi connectivity index (χ1v) is 6.68. The highest BCUT2D eigenvalue weighted by molar-refractivity contribution is 5.85. The number of furan rings is 1. The van der Waals surface area contributed by atoms with Gasteiger partial charge in [0.25, 0.3) is 0 Å². The molecule has 1 aromatic rings. The lowest BCUT2D eigenvalue weighted by Gasteiger charge is -2.21. The minimum Gasteiger partial charge on any atom is -0.467 e. The summed E-state index contributed by atoms with van der Waals surface area (Å²) in [7, 11) is 0. The molecular formula is C14H22N2O5. The summed E-state index contributed by atoms with van der Waals surface area (Å²) in [6.45, 7) is 6.72. The number of ether oxygens (including phenoxy) is 1. The van der Waals surface area contributed by atoms with E-state index in [2.05, 4.69) is 10.6 Å². The Labute approximate surface area is 123 Å². The fraction of sp³-hybridized carbons (Fsp3) is 0.571. The summed E-state index contributed by atoms with van der Waals surface area (Å²) in [5.41, 5.74) is -0.629. The molecule has 2 unspecified atom stereocenters. The largest absolute Gasteiger partial charge is 0.467 e. The third-order valence-corrected chi connectivity index (χ3v) is 2.47. The van der Waals surface area contributed by atoms with Crippen LogP contribution in [0.15, 0.2) is 22.8 Å². The molecule has 2 atom stereocenters. The van der Waals surface area contributed by atoms with Crippen molar-refractivity contribution in [1.82, 2.24) is 10.6 Å². The first kappa shape index (κ1) is 17.0. The molecule has 0 aliphatic heterocycles. The molecular weight excluding hydrogens is 276 g/mol. The monoisotopic (exact) mass is 298 g/mol. The standard InChI is InChI=1S/C14H22N2O5/c1-9(16-13(19)21-14(2,3)4)12(18)15-8-10(17)11-6-5-7-20-11/h5-7,9-10,17H,8H2,1-4H3,(H,15,18)(H,16,19). The number of aliphatic hydroxyl groups excluding tert-OH is 1. The predicted molar refractivity (Wildman–Crippen MR) is 75.5 cm³/mol. The Morgan fingerprint density at radius 2 is 2.10 bits per heavy atom. The molecule has 1 rings (SSSR count). The fourth-order valence-corrected chi connectivity index (χ4v) is 1.48. The maximum Gasteiger partial charge on any atom is 0.408 e. The molecule has 118 valence electrons. The van der Waals surface area contributed by atoms with Crippen molar-refractivity contribution < 1.29 is 23.8 Å². The smallest absolute Gasteiger partial charge is 0.408 e. The van der Waals surface area contributed by atoms with Crippen LogP contribution in [0.1, 0.15) is 39.6 Å². The summed E-state index contributed by atoms with van der Waals surface area (Å²) >= 11 is 0. The number of nitrogens with one attached hydrogen (secondary N) is 2. The first-order chi connectivity index (χ1) is 9.69. The lowest BCUT2D eigenvalue weighted by atomic mass is 10.2. The molecule has 7 heteroatoms. The Morgan fingerprint density at radius 3 is 2.62 bits per heavy atom. The average molecular weight is 298 g/mol. The van der Waals surface area contributed by atoms with E-state index < -0.39 is 29.7 Å². The van der Waals surface area contributed by atoms with E-state index in [4.69, 9.17) is 9.15 Å². The van der Waals surface area contributed by atoms with E-state index in [1.54, 1.807) is 32.9 Å². The van der Waals surface area contributed by atoms with Crippen LogP contribution in [0.4, 0.5) is 4.79 Å². The minimum atomic E-state index is -0.933. The van der Waals surface area contributed by atoms with Gasteiger partial charge in [0, 0.05) is 0 Å². The van der Waals surface area contributed by atoms with Gasteiger partial charge in [0.15, 0.2) is 0 Å². The lowest BCUT2D eigenvalue weighted by Crippen LogP contribution is -2.47. The van der Waals surface area contributed by atoms with Gasteiger partial charge in [-0.15, -0.1) is 0 Å². The molecule has 0 aromatic carbocycles. The highest BCUT2D eigenvalue weighted by Crippen LogP contribution is 2.11. The molecule has 2 amide bonds. The van der Waals surface area contributed by atoms with Crippen molar-refractivity contribution in [3.63, 3.8) is 0 Å². The number of carbonyl (C=O) groups is 2. The van der Waals surface area contributed by atoms with Crippen LogP contribution in [0.5, 0.6) is 0 Å². The molecule has 0 aliphatic rings. The Balaban J connectivity index is 2.36. The highest BCUT2D eigenvalue weighted by Gasteiger charge is 2.21. The quantitative estimate of drug-likeness (QED) is 0.761. The zero-order valence-electron chi connectivity index (χ0n) is 12.7. The lowest BCUT2D eigenvalue weighted by molar-refractivity contribution is -0.123. The van der Waals surface area contributed by atoms with Crippen molar-refractivity contribution in [3.8, 4) is 0 Å². The van der Waals surface area contributed by atoms with E-state index in [-0.39, 0.29) is 6.54 Å². The molecule has 0 saturated heterocycles. The van der Waals surface area contributed by atoms with E-state index in [0.29, 0.717) is 5.76 Å². The highest BCUT2D eigenvalue weighted by atomic mass is 16.6. The third-order valence-electron chi connectivity index (χ3n) is 2.47. The van der Waals surface area contributed by atoms with Gasteiger partial charge in [0.2, 0.25) is 5.91 Å². The van der Waals surface area contributed by atoms with E-state index in [9.17, 15) is 14.7 Å². The van der Waals surface area contributed by atoms with Gasteiger partial charge >= 0.3 is 6.09 Å². The van der Waals surface area contributed by atoms with Crippen molar-refractivity contribution in [1.29, 1.82) is 0 Å². The normalized spacial score (nSPS) is 14.1. The number of alkyl carbamates (subject to hydrolysis) is 1. The van der Waals surface area contributed by atoms with Gasteiger partial charge in [-0.05, 0) is 39.8 Å². The van der Waals surface area contributed by atoms with Gasteiger partial charge in [-0.25, -0.2) is 4.79 Å². The molecule has 0 saturated carbocycles. The number of hydrogen-bond acceptors (Lipinski definition) is 5. The van der Waals surface area contributed by atoms with E-state index >= 15 is 0 Å². The second-order valence-electron chi connectivity index (χ2n) is 5.64. The molecule has 3 N–H and O–H groups in total. The Hall–Kier alpha value is -2.02. The van der Waals surface area contributed by atoms with Crippen LogP contribution >= 0.6 is 0 Å². The number of rotatable bonds is 5. The Bertz CT molecular complexity index is 464. The summed E-state index contributed by atoms with van der Waals surface area (Å²) in [5, 5.41) is 14.7. The summed E-state index contributed by atoms with van der Waals surface area (Å²) < 4.78 is 10.1. The number of hydrogen-bond donors (Lipinski definition) is 3. The van der Waals surface area contributed by atoms with Crippen LogP contribution in [0.25, 0.3) is 0 Å². The summed E-state index contributed by atoms with van der Waals surface area (Å²) in [6, 6.07) is 2.48. The first-order valence-electron chi connectivity index (χ1n) is 6.68. The van der Waals surface area contributed by atoms with Gasteiger partial charge in [-0.2, -0.15) is 0 Å². The van der Waals surface area contributed by atoms with Crippen LogP contribution in [-0.2, 0) is 9.53 Å². The van der Waals surface area contributed by atoms with Gasteiger partial charge in [0.05, 0.1) is 12.8 Å². The van der Waals surface area contributed by atoms with Gasteiger partial charge in [-0.3, -0.25) is 4.79 Å². The maximum atomic E-state index is 11.8. The van der Waals surface area contributed by atoms with Gasteiger partial charge in [0.1, 0.15) is 23.5 Å². The summed E-state index contributed by atoms with van der Waals surface area (Å²) in [5.74, 6) is -0.0606. The second kappa shape index (κ2) is 7.12. The fourth-order valence-electron chi connectivity index (χ4n) is 1.48. The Kier molecular flexibility index (Phi) is 5.78. The molecule has 1 aromatic heterocycles. The molecule has 0 spiro atoms. The van der Waals surface area contributed by atoms with Crippen molar-refractivity contribution in [2.24, 2.45) is 0 Å². The van der Waals surface area contributed by atoms with Crippen molar-refractivity contribution in [2.45, 2.75) is 45.4 Å². The number of carbonyl (C=O) groups excluding carboxylic acids is 2. The van der Waals surface area contributed by atoms with Gasteiger partial charge in [-0.1, -0.05) is 0 Å². The van der Waals surface area contributed by atoms with Crippen molar-refractivity contribution in [2.75, 3.05) is 6.54 Å². The molecule has 21 heavy (non-hydrogen) atoms. The molecule has 1 heterocycles. The second-order valence-corrected chi connectivity index (χ2v) is 5.64. The zero-order valence-corrected chi connectivity index (χ0v) is 12.7. The van der Waals surface area contributed by atoms with Crippen molar-refractivity contribution >= 4 is 12.0 Å². The van der Waals surface area contributed by atoms with E-state index in [1.807, 2.05) is 0 Å². The van der Waals surface area contributed by atoms with E-state index in [0.717, 1.165) is 0 Å².